The van der Waals surface area contributed by atoms with E-state index < -0.39 is 96.3 Å². The highest BCUT2D eigenvalue weighted by atomic mass is 19.1. The van der Waals surface area contributed by atoms with Crippen molar-refractivity contribution in [3.05, 3.63) is 150 Å². The lowest BCUT2D eigenvalue weighted by Crippen LogP contribution is -2.01. The van der Waals surface area contributed by atoms with Gasteiger partial charge in [0.25, 0.3) is 11.4 Å². The quantitative estimate of drug-likeness (QED) is 0.129. The largest absolute Gasteiger partial charge is 0.270 e. The third kappa shape index (κ3) is 4.05. The van der Waals surface area contributed by atoms with Crippen LogP contribution in [0.5, 0.6) is 0 Å². The fraction of sp³-hybridized carbons (Fsp3) is 0. The first kappa shape index (κ1) is 29.7. The van der Waals surface area contributed by atoms with Crippen molar-refractivity contribution < 1.29 is 17.6 Å². The minimum Gasteiger partial charge on any atom is -0.237 e. The molecule has 0 spiro atoms. The second-order valence-corrected chi connectivity index (χ2v) is 9.17. The van der Waals surface area contributed by atoms with Crippen LogP contribution in [0.2, 0.25) is 0 Å². The molecule has 0 saturated carbocycles. The van der Waals surface area contributed by atoms with E-state index in [-0.39, 0.29) is 16.8 Å². The Bertz CT molecular complexity index is 2460. The van der Waals surface area contributed by atoms with Crippen LogP contribution in [0, 0.1) is 95.0 Å². The number of benzene rings is 2. The molecule has 9 nitrogen and oxygen atoms in total. The summed E-state index contributed by atoms with van der Waals surface area (Å²) in [6.07, 6.45) is 0. The molecule has 0 fully saturated rings. The van der Waals surface area contributed by atoms with Gasteiger partial charge in [-0.3, -0.25) is 0 Å². The van der Waals surface area contributed by atoms with Crippen molar-refractivity contribution in [2.75, 3.05) is 0 Å². The van der Waals surface area contributed by atoms with Crippen molar-refractivity contribution in [1.82, 2.24) is 4.98 Å². The van der Waals surface area contributed by atoms with Crippen LogP contribution in [0.3, 0.4) is 0 Å². The number of rotatable bonds is 2. The fourth-order valence-electron chi connectivity index (χ4n) is 5.30. The van der Waals surface area contributed by atoms with E-state index >= 15 is 13.2 Å². The van der Waals surface area contributed by atoms with Crippen molar-refractivity contribution in [3.63, 3.8) is 0 Å². The van der Waals surface area contributed by atoms with Crippen LogP contribution in [0.1, 0.15) is 39.1 Å². The lowest BCUT2D eigenvalue weighted by molar-refractivity contribution is 0.579. The van der Waals surface area contributed by atoms with Gasteiger partial charge in [0, 0.05) is 39.0 Å². The van der Waals surface area contributed by atoms with Crippen LogP contribution >= 0.6 is 0 Å². The number of hydrogen-bond acceptors (Lipinski definition) is 5. The Balaban J connectivity index is 1.99. The summed E-state index contributed by atoms with van der Waals surface area (Å²) in [6, 6.07) is 10.9. The molecule has 0 atom stereocenters. The van der Waals surface area contributed by atoms with Gasteiger partial charge in [0.2, 0.25) is 17.3 Å². The summed E-state index contributed by atoms with van der Waals surface area (Å²) in [5, 5.41) is 39.0. The molecule has 0 aliphatic heterocycles. The highest BCUT2D eigenvalue weighted by Gasteiger charge is 2.41. The van der Waals surface area contributed by atoms with Crippen LogP contribution in [-0.2, 0) is 0 Å². The molecule has 13 heteroatoms. The molecule has 5 rings (SSSR count). The SMILES string of the molecule is [C-]#[N+]C1=C(c2cc(F)c([N+]#[C-])cc2F)/C(=C(/C#N)[N+]#[C-])c2cc3c(c(F)c21)/C(=C(/C#N)[N+]#[C-])C(c1ccc(C#N)nc1F)=C3C#N. The molecule has 210 valence electrons. The Morgan fingerprint density at radius 1 is 0.674 bits per heavy atom. The predicted octanol–water partition coefficient (Wildman–Crippen LogP) is 7.62. The first-order valence-electron chi connectivity index (χ1n) is 12.3. The van der Waals surface area contributed by atoms with E-state index in [2.05, 4.69) is 24.4 Å². The number of fused-ring (bicyclic) bond motifs is 2. The standard InChI is InChI=1S/C33H5F4N9/c1-42-22-9-20(34)17(8-21(22)35)28-26(23(12-40)43-2)18-7-16-19(11-39)25(15-6-5-14(10-38)46-33(15)37)30(24(13-41)44-3)27(16)31(36)29(18)32(28)45-4/h5-9H/b26-23-,30-24-. The number of aromatic nitrogens is 1. The zero-order valence-electron chi connectivity index (χ0n) is 22.4. The third-order valence-corrected chi connectivity index (χ3v) is 7.07. The maximum absolute atomic E-state index is 16.9. The number of pyridine rings is 1. The maximum atomic E-state index is 16.9. The lowest BCUT2D eigenvalue weighted by Gasteiger charge is -2.14. The van der Waals surface area contributed by atoms with E-state index in [4.69, 9.17) is 31.6 Å². The highest BCUT2D eigenvalue weighted by Crippen LogP contribution is 2.56. The molecule has 46 heavy (non-hydrogen) atoms. The fourth-order valence-corrected chi connectivity index (χ4v) is 5.30. The summed E-state index contributed by atoms with van der Waals surface area (Å²) in [5.74, 6) is -5.07. The molecule has 0 amide bonds. The highest BCUT2D eigenvalue weighted by molar-refractivity contribution is 6.29. The van der Waals surface area contributed by atoms with E-state index in [0.29, 0.717) is 12.1 Å². The number of allylic oxidation sites excluding steroid dienone is 7. The van der Waals surface area contributed by atoms with Gasteiger partial charge in [0.15, 0.2) is 0 Å². The minimum atomic E-state index is -1.34. The van der Waals surface area contributed by atoms with Gasteiger partial charge >= 0.3 is 0 Å². The van der Waals surface area contributed by atoms with Crippen LogP contribution in [-0.4, -0.2) is 4.98 Å². The van der Waals surface area contributed by atoms with E-state index in [9.17, 15) is 20.2 Å². The average Bonchev–Trinajstić information content (AvgIpc) is 3.56. The Morgan fingerprint density at radius 2 is 1.35 bits per heavy atom. The average molecular weight is 603 g/mol. The van der Waals surface area contributed by atoms with Crippen molar-refractivity contribution in [2.45, 2.75) is 0 Å². The molecule has 0 saturated heterocycles. The molecule has 2 aromatic carbocycles. The van der Waals surface area contributed by atoms with Crippen LogP contribution in [0.25, 0.3) is 52.9 Å². The maximum Gasteiger partial charge on any atom is 0.270 e. The van der Waals surface area contributed by atoms with Crippen LogP contribution < -0.4 is 0 Å². The number of nitrogens with zero attached hydrogens (tertiary/aromatic N) is 9. The molecule has 0 radical (unpaired) electrons. The molecule has 1 aromatic heterocycles. The minimum absolute atomic E-state index is 0.329. The van der Waals surface area contributed by atoms with Crippen LogP contribution in [0.15, 0.2) is 41.7 Å². The summed E-state index contributed by atoms with van der Waals surface area (Å²) in [5.41, 5.74) is -8.77. The third-order valence-electron chi connectivity index (χ3n) is 7.07. The Kier molecular flexibility index (Phi) is 7.17. The van der Waals surface area contributed by atoms with Gasteiger partial charge in [-0.25, -0.2) is 48.1 Å². The first-order chi connectivity index (χ1) is 22.1. The van der Waals surface area contributed by atoms with E-state index in [1.807, 2.05) is 0 Å². The molecular weight excluding hydrogens is 598 g/mol. The smallest absolute Gasteiger partial charge is 0.237 e. The first-order valence-corrected chi connectivity index (χ1v) is 12.3. The normalized spacial score (nSPS) is 14.7. The summed E-state index contributed by atoms with van der Waals surface area (Å²) in [7, 11) is 0. The van der Waals surface area contributed by atoms with E-state index in [1.165, 1.54) is 0 Å². The number of nitriles is 4. The lowest BCUT2D eigenvalue weighted by atomic mass is 9.91. The molecular formula is C33H5F4N9. The summed E-state index contributed by atoms with van der Waals surface area (Å²) in [4.78, 5) is 15.9. The predicted molar refractivity (Wildman–Crippen MR) is 152 cm³/mol. The van der Waals surface area contributed by atoms with Gasteiger partial charge in [-0.2, -0.15) is 14.9 Å². The molecule has 0 unspecified atom stereocenters. The number of hydrogen-bond donors (Lipinski definition) is 0. The Morgan fingerprint density at radius 3 is 1.89 bits per heavy atom. The number of halogens is 4. The molecule has 0 bridgehead atoms. The van der Waals surface area contributed by atoms with E-state index in [0.717, 1.165) is 18.2 Å². The van der Waals surface area contributed by atoms with Crippen molar-refractivity contribution in [2.24, 2.45) is 0 Å². The summed E-state index contributed by atoms with van der Waals surface area (Å²) >= 11 is 0. The zero-order valence-corrected chi connectivity index (χ0v) is 22.4. The second kappa shape index (κ2) is 11.1. The molecule has 2 aliphatic carbocycles. The monoisotopic (exact) mass is 603 g/mol. The van der Waals surface area contributed by atoms with Gasteiger partial charge in [-0.1, -0.05) is 0 Å². The van der Waals surface area contributed by atoms with E-state index in [1.54, 1.807) is 24.3 Å². The van der Waals surface area contributed by atoms with Gasteiger partial charge < -0.3 is 0 Å². The summed E-state index contributed by atoms with van der Waals surface area (Å²) in [6.45, 7) is 30.0. The van der Waals surface area contributed by atoms with Gasteiger partial charge in [-0.05, 0) is 47.0 Å². The van der Waals surface area contributed by atoms with Crippen molar-refractivity contribution >= 4 is 39.2 Å². The van der Waals surface area contributed by atoms with Crippen molar-refractivity contribution in [3.8, 4) is 24.3 Å². The van der Waals surface area contributed by atoms with Gasteiger partial charge in [-0.15, -0.1) is 0 Å². The zero-order chi connectivity index (χ0) is 33.4. The van der Waals surface area contributed by atoms with Crippen LogP contribution in [0.4, 0.5) is 23.2 Å². The Hall–Kier alpha value is -7.81. The molecule has 3 aromatic rings. The Labute approximate surface area is 256 Å². The molecule has 2 aliphatic rings. The second-order valence-electron chi connectivity index (χ2n) is 9.17. The topological polar surface area (TPSA) is 125 Å². The van der Waals surface area contributed by atoms with Gasteiger partial charge in [0.1, 0.15) is 35.3 Å². The molecule has 0 N–H and O–H groups in total. The van der Waals surface area contributed by atoms with Gasteiger partial charge in [0.05, 0.1) is 44.0 Å². The summed E-state index contributed by atoms with van der Waals surface area (Å²) < 4.78 is 62.3. The molecule has 1 heterocycles. The van der Waals surface area contributed by atoms with Crippen molar-refractivity contribution in [1.29, 1.82) is 21.0 Å².